The maximum atomic E-state index is 11.7. The van der Waals surface area contributed by atoms with E-state index >= 15 is 0 Å². The van der Waals surface area contributed by atoms with Crippen LogP contribution in [0.2, 0.25) is 0 Å². The Bertz CT molecular complexity index is 796. The lowest BCUT2D eigenvalue weighted by Gasteiger charge is -2.10. The zero-order chi connectivity index (χ0) is 18.4. The molecular weight excluding hydrogens is 322 g/mol. The Hall–Kier alpha value is -3.15. The lowest BCUT2D eigenvalue weighted by atomic mass is 10.1. The molecule has 25 heavy (non-hydrogen) atoms. The average molecular weight is 341 g/mol. The van der Waals surface area contributed by atoms with E-state index in [9.17, 15) is 9.59 Å². The summed E-state index contributed by atoms with van der Waals surface area (Å²) in [4.78, 5) is 26.9. The molecule has 1 atom stereocenters. The summed E-state index contributed by atoms with van der Waals surface area (Å²) in [5.74, 6) is -0.953. The third-order valence-corrected chi connectivity index (χ3v) is 3.60. The fourth-order valence-corrected chi connectivity index (χ4v) is 2.13. The van der Waals surface area contributed by atoms with Gasteiger partial charge in [0, 0.05) is 6.21 Å². The van der Waals surface area contributed by atoms with Crippen molar-refractivity contribution in [3.05, 3.63) is 59.2 Å². The predicted molar refractivity (Wildman–Crippen MR) is 93.9 cm³/mol. The Balaban J connectivity index is 2.15. The standard InChI is InChI=1S/C19H19NO5/c1-12-16(19(23)24-3)5-4-6-17(12)20-11-14-7-9-15(10-8-14)25-13(2)18(21)22/h4-11,13H,1-3H3,(H,21,22)/t13-/m0/s1. The largest absolute Gasteiger partial charge is 0.479 e. The number of carboxylic acids is 1. The molecule has 0 unspecified atom stereocenters. The molecule has 6 heteroatoms. The summed E-state index contributed by atoms with van der Waals surface area (Å²) in [6.45, 7) is 3.28. The van der Waals surface area contributed by atoms with Crippen molar-refractivity contribution in [2.24, 2.45) is 4.99 Å². The Morgan fingerprint density at radius 2 is 1.84 bits per heavy atom. The van der Waals surface area contributed by atoms with Gasteiger partial charge in [-0.25, -0.2) is 9.59 Å². The quantitative estimate of drug-likeness (QED) is 0.643. The molecule has 0 amide bonds. The summed E-state index contributed by atoms with van der Waals surface area (Å²) in [6, 6.07) is 12.1. The summed E-state index contributed by atoms with van der Waals surface area (Å²) in [5.41, 5.74) is 2.70. The Kier molecular flexibility index (Phi) is 5.89. The first-order chi connectivity index (χ1) is 11.9. The van der Waals surface area contributed by atoms with Crippen molar-refractivity contribution in [2.45, 2.75) is 20.0 Å². The van der Waals surface area contributed by atoms with E-state index in [2.05, 4.69) is 4.99 Å². The molecule has 0 spiro atoms. The first kappa shape index (κ1) is 18.2. The highest BCUT2D eigenvalue weighted by Gasteiger charge is 2.12. The minimum atomic E-state index is -1.02. The maximum absolute atomic E-state index is 11.7. The van der Waals surface area contributed by atoms with Crippen molar-refractivity contribution < 1.29 is 24.2 Å². The highest BCUT2D eigenvalue weighted by Crippen LogP contribution is 2.22. The minimum Gasteiger partial charge on any atom is -0.479 e. The molecule has 1 N–H and O–H groups in total. The maximum Gasteiger partial charge on any atom is 0.344 e. The number of aliphatic imine (C=N–C) groups is 1. The van der Waals surface area contributed by atoms with E-state index in [1.165, 1.54) is 14.0 Å². The molecule has 0 aliphatic heterocycles. The van der Waals surface area contributed by atoms with Crippen LogP contribution in [0.1, 0.15) is 28.4 Å². The molecule has 130 valence electrons. The summed E-state index contributed by atoms with van der Waals surface area (Å²) in [6.07, 6.45) is 0.747. The second-order valence-electron chi connectivity index (χ2n) is 5.37. The monoisotopic (exact) mass is 341 g/mol. The number of benzene rings is 2. The molecule has 0 saturated carbocycles. The third-order valence-electron chi connectivity index (χ3n) is 3.60. The van der Waals surface area contributed by atoms with Gasteiger partial charge in [0.25, 0.3) is 0 Å². The van der Waals surface area contributed by atoms with E-state index < -0.39 is 18.0 Å². The normalized spacial score (nSPS) is 12.0. The highest BCUT2D eigenvalue weighted by molar-refractivity contribution is 5.93. The molecule has 2 aromatic rings. The molecule has 0 aliphatic rings. The van der Waals surface area contributed by atoms with Gasteiger partial charge in [0.15, 0.2) is 6.10 Å². The fourth-order valence-electron chi connectivity index (χ4n) is 2.13. The SMILES string of the molecule is COC(=O)c1cccc(N=Cc2ccc(O[C@@H](C)C(=O)O)cc2)c1C. The lowest BCUT2D eigenvalue weighted by Crippen LogP contribution is -2.22. The molecule has 0 aliphatic carbocycles. The van der Waals surface area contributed by atoms with Gasteiger partial charge in [-0.1, -0.05) is 6.07 Å². The summed E-state index contributed by atoms with van der Waals surface area (Å²) >= 11 is 0. The molecule has 0 heterocycles. The minimum absolute atomic E-state index is 0.399. The zero-order valence-electron chi connectivity index (χ0n) is 14.2. The number of nitrogens with zero attached hydrogens (tertiary/aromatic N) is 1. The number of carbonyl (C=O) groups excluding carboxylic acids is 1. The molecular formula is C19H19NO5. The van der Waals surface area contributed by atoms with Crippen molar-refractivity contribution in [1.29, 1.82) is 0 Å². The molecule has 0 aromatic heterocycles. The van der Waals surface area contributed by atoms with Crippen molar-refractivity contribution >= 4 is 23.8 Å². The Morgan fingerprint density at radius 3 is 2.44 bits per heavy atom. The topological polar surface area (TPSA) is 85.2 Å². The fraction of sp³-hybridized carbons (Fsp3) is 0.211. The second-order valence-corrected chi connectivity index (χ2v) is 5.37. The van der Waals surface area contributed by atoms with Gasteiger partial charge >= 0.3 is 11.9 Å². The van der Waals surface area contributed by atoms with E-state index in [0.29, 0.717) is 17.0 Å². The smallest absolute Gasteiger partial charge is 0.344 e. The molecule has 0 fully saturated rings. The molecule has 0 saturated heterocycles. The number of esters is 1. The number of ether oxygens (including phenoxy) is 2. The van der Waals surface area contributed by atoms with E-state index in [1.54, 1.807) is 42.6 Å². The van der Waals surface area contributed by atoms with Crippen LogP contribution in [0.25, 0.3) is 0 Å². The number of aliphatic carboxylic acids is 1. The summed E-state index contributed by atoms with van der Waals surface area (Å²) < 4.78 is 10.0. The molecule has 2 aromatic carbocycles. The van der Waals surface area contributed by atoms with E-state index in [-0.39, 0.29) is 0 Å². The van der Waals surface area contributed by atoms with Crippen LogP contribution in [-0.4, -0.2) is 36.5 Å². The van der Waals surface area contributed by atoms with Crippen LogP contribution < -0.4 is 4.74 Å². The summed E-state index contributed by atoms with van der Waals surface area (Å²) in [7, 11) is 1.34. The zero-order valence-corrected chi connectivity index (χ0v) is 14.2. The molecule has 0 bridgehead atoms. The van der Waals surface area contributed by atoms with Gasteiger partial charge in [0.05, 0.1) is 18.4 Å². The lowest BCUT2D eigenvalue weighted by molar-refractivity contribution is -0.144. The number of rotatable bonds is 6. The van der Waals surface area contributed by atoms with Crippen LogP contribution in [0.5, 0.6) is 5.75 Å². The highest BCUT2D eigenvalue weighted by atomic mass is 16.5. The van der Waals surface area contributed by atoms with Gasteiger partial charge < -0.3 is 14.6 Å². The first-order valence-corrected chi connectivity index (χ1v) is 7.64. The Morgan fingerprint density at radius 1 is 1.16 bits per heavy atom. The molecule has 0 radical (unpaired) electrons. The van der Waals surface area contributed by atoms with Crippen molar-refractivity contribution in [3.63, 3.8) is 0 Å². The number of hydrogen-bond donors (Lipinski definition) is 1. The second kappa shape index (κ2) is 8.10. The van der Waals surface area contributed by atoms with Gasteiger partial charge in [0.1, 0.15) is 5.75 Å². The number of carbonyl (C=O) groups is 2. The van der Waals surface area contributed by atoms with Gasteiger partial charge in [-0.2, -0.15) is 0 Å². The van der Waals surface area contributed by atoms with Crippen LogP contribution >= 0.6 is 0 Å². The first-order valence-electron chi connectivity index (χ1n) is 7.64. The number of carboxylic acid groups (broad SMARTS) is 1. The van der Waals surface area contributed by atoms with Crippen molar-refractivity contribution in [2.75, 3.05) is 7.11 Å². The third kappa shape index (κ3) is 4.67. The van der Waals surface area contributed by atoms with E-state index in [0.717, 1.165) is 11.1 Å². The molecule has 6 nitrogen and oxygen atoms in total. The molecule has 2 rings (SSSR count). The van der Waals surface area contributed by atoms with E-state index in [1.807, 2.05) is 13.0 Å². The summed E-state index contributed by atoms with van der Waals surface area (Å²) in [5, 5.41) is 8.83. The predicted octanol–water partition coefficient (Wildman–Crippen LogP) is 3.38. The van der Waals surface area contributed by atoms with Crippen LogP contribution in [0.4, 0.5) is 5.69 Å². The van der Waals surface area contributed by atoms with Crippen LogP contribution in [0.3, 0.4) is 0 Å². The Labute approximate surface area is 145 Å². The number of methoxy groups -OCH3 is 1. The van der Waals surface area contributed by atoms with Gasteiger partial charge in [-0.15, -0.1) is 0 Å². The van der Waals surface area contributed by atoms with Gasteiger partial charge in [-0.3, -0.25) is 4.99 Å². The van der Waals surface area contributed by atoms with Crippen molar-refractivity contribution in [1.82, 2.24) is 0 Å². The van der Waals surface area contributed by atoms with Crippen LogP contribution in [-0.2, 0) is 9.53 Å². The van der Waals surface area contributed by atoms with E-state index in [4.69, 9.17) is 14.6 Å². The van der Waals surface area contributed by atoms with Crippen molar-refractivity contribution in [3.8, 4) is 5.75 Å². The van der Waals surface area contributed by atoms with Crippen LogP contribution in [0.15, 0.2) is 47.5 Å². The van der Waals surface area contributed by atoms with Gasteiger partial charge in [-0.05, 0) is 61.4 Å². The van der Waals surface area contributed by atoms with Gasteiger partial charge in [0.2, 0.25) is 0 Å². The average Bonchev–Trinajstić information content (AvgIpc) is 2.61. The number of hydrogen-bond acceptors (Lipinski definition) is 5. The van der Waals surface area contributed by atoms with Crippen LogP contribution in [0, 0.1) is 6.92 Å².